The highest BCUT2D eigenvalue weighted by Crippen LogP contribution is 2.34. The molecule has 1 aliphatic rings. The van der Waals surface area contributed by atoms with E-state index in [1.54, 1.807) is 6.20 Å². The van der Waals surface area contributed by atoms with Gasteiger partial charge in [-0.2, -0.15) is 0 Å². The second-order valence-electron chi connectivity index (χ2n) is 3.07. The van der Waals surface area contributed by atoms with Gasteiger partial charge in [-0.15, -0.1) is 5.10 Å². The summed E-state index contributed by atoms with van der Waals surface area (Å²) in [6.45, 7) is 2.10. The van der Waals surface area contributed by atoms with E-state index in [1.165, 1.54) is 12.8 Å². The van der Waals surface area contributed by atoms with E-state index in [0.29, 0.717) is 12.0 Å². The molecule has 0 saturated heterocycles. The van der Waals surface area contributed by atoms with Crippen LogP contribution in [0.2, 0.25) is 0 Å². The Morgan fingerprint density at radius 1 is 1.73 bits per heavy atom. The maximum Gasteiger partial charge on any atom is 0.232 e. The Labute approximate surface area is 65.8 Å². The van der Waals surface area contributed by atoms with Crippen molar-refractivity contribution in [2.24, 2.45) is 5.92 Å². The summed E-state index contributed by atoms with van der Waals surface area (Å²) in [6.07, 6.45) is 4.73. The van der Waals surface area contributed by atoms with E-state index in [0.717, 1.165) is 5.92 Å². The first-order valence-corrected chi connectivity index (χ1v) is 4.02. The Morgan fingerprint density at radius 3 is 3.09 bits per heavy atom. The van der Waals surface area contributed by atoms with Crippen LogP contribution in [-0.2, 0) is 0 Å². The van der Waals surface area contributed by atoms with Crippen LogP contribution in [0.3, 0.4) is 0 Å². The monoisotopic (exact) mass is 152 g/mol. The molecule has 0 spiro atoms. The lowest BCUT2D eigenvalue weighted by Crippen LogP contribution is -2.13. The van der Waals surface area contributed by atoms with E-state index in [2.05, 4.69) is 17.1 Å². The molecule has 60 valence electrons. The zero-order valence-corrected chi connectivity index (χ0v) is 6.58. The summed E-state index contributed by atoms with van der Waals surface area (Å²) in [5.41, 5.74) is 0. The highest BCUT2D eigenvalue weighted by molar-refractivity contribution is 5.05. The lowest BCUT2D eigenvalue weighted by molar-refractivity contribution is 0.190. The lowest BCUT2D eigenvalue weighted by atomic mass is 10.3. The van der Waals surface area contributed by atoms with Crippen LogP contribution in [0.5, 0.6) is 5.88 Å². The zero-order chi connectivity index (χ0) is 7.68. The van der Waals surface area contributed by atoms with Crippen molar-refractivity contribution < 1.29 is 4.74 Å². The fourth-order valence-corrected chi connectivity index (χ4v) is 1.16. The van der Waals surface area contributed by atoms with Crippen molar-refractivity contribution in [3.8, 4) is 5.88 Å². The summed E-state index contributed by atoms with van der Waals surface area (Å²) in [4.78, 5) is 0. The second-order valence-corrected chi connectivity index (χ2v) is 3.07. The molecule has 1 N–H and O–H groups in total. The molecule has 1 saturated carbocycles. The summed E-state index contributed by atoms with van der Waals surface area (Å²) in [5, 5.41) is 6.64. The summed E-state index contributed by atoms with van der Waals surface area (Å²) in [6, 6.07) is 1.85. The molecule has 1 atom stereocenters. The number of ether oxygens (including phenoxy) is 1. The predicted molar refractivity (Wildman–Crippen MR) is 41.4 cm³/mol. The molecule has 0 amide bonds. The number of aromatic nitrogens is 2. The highest BCUT2D eigenvalue weighted by atomic mass is 16.5. The molecule has 0 aliphatic heterocycles. The molecule has 0 bridgehead atoms. The number of rotatable bonds is 3. The maximum atomic E-state index is 5.54. The summed E-state index contributed by atoms with van der Waals surface area (Å²) in [5.74, 6) is 1.48. The molecule has 3 nitrogen and oxygen atoms in total. The van der Waals surface area contributed by atoms with Crippen LogP contribution in [0.4, 0.5) is 0 Å². The van der Waals surface area contributed by atoms with Crippen LogP contribution in [-0.4, -0.2) is 16.3 Å². The Bertz CT molecular complexity index is 216. The van der Waals surface area contributed by atoms with Gasteiger partial charge in [-0.1, -0.05) is 0 Å². The molecule has 0 radical (unpaired) electrons. The minimum Gasteiger partial charge on any atom is -0.473 e. The smallest absolute Gasteiger partial charge is 0.232 e. The maximum absolute atomic E-state index is 5.54. The van der Waals surface area contributed by atoms with Crippen LogP contribution >= 0.6 is 0 Å². The molecular formula is C8H12N2O. The molecular weight excluding hydrogens is 140 g/mol. The molecule has 1 aromatic rings. The van der Waals surface area contributed by atoms with Gasteiger partial charge in [0.15, 0.2) is 0 Å². The second kappa shape index (κ2) is 2.57. The molecule has 1 aliphatic carbocycles. The molecule has 1 fully saturated rings. The summed E-state index contributed by atoms with van der Waals surface area (Å²) >= 11 is 0. The van der Waals surface area contributed by atoms with Crippen LogP contribution in [0.15, 0.2) is 12.3 Å². The number of nitrogens with zero attached hydrogens (tertiary/aromatic N) is 1. The lowest BCUT2D eigenvalue weighted by Gasteiger charge is -2.09. The summed E-state index contributed by atoms with van der Waals surface area (Å²) < 4.78 is 5.54. The third-order valence-electron chi connectivity index (χ3n) is 2.07. The van der Waals surface area contributed by atoms with Crippen molar-refractivity contribution in [1.29, 1.82) is 0 Å². The van der Waals surface area contributed by atoms with Gasteiger partial charge in [0.05, 0.1) is 0 Å². The van der Waals surface area contributed by atoms with Gasteiger partial charge in [0.1, 0.15) is 6.10 Å². The van der Waals surface area contributed by atoms with Crippen molar-refractivity contribution in [2.45, 2.75) is 25.9 Å². The standard InChI is InChI=1S/C8H12N2O/c1-6(7-2-3-7)11-8-4-5-9-10-8/h4-7H,2-3H2,1H3,(H,9,10)/t6-/m0/s1. The summed E-state index contributed by atoms with van der Waals surface area (Å²) in [7, 11) is 0. The van der Waals surface area contributed by atoms with E-state index in [4.69, 9.17) is 4.74 Å². The van der Waals surface area contributed by atoms with Crippen molar-refractivity contribution in [1.82, 2.24) is 10.2 Å². The van der Waals surface area contributed by atoms with E-state index >= 15 is 0 Å². The van der Waals surface area contributed by atoms with E-state index in [1.807, 2.05) is 6.07 Å². The number of nitrogens with one attached hydrogen (secondary N) is 1. The van der Waals surface area contributed by atoms with E-state index < -0.39 is 0 Å². The van der Waals surface area contributed by atoms with Gasteiger partial charge in [-0.05, 0) is 25.7 Å². The van der Waals surface area contributed by atoms with Gasteiger partial charge in [0, 0.05) is 12.3 Å². The molecule has 1 aromatic heterocycles. The average Bonchev–Trinajstić information content (AvgIpc) is 2.73. The molecule has 11 heavy (non-hydrogen) atoms. The van der Waals surface area contributed by atoms with Crippen molar-refractivity contribution >= 4 is 0 Å². The van der Waals surface area contributed by atoms with Crippen molar-refractivity contribution in [3.05, 3.63) is 12.3 Å². The van der Waals surface area contributed by atoms with Crippen LogP contribution in [0, 0.1) is 5.92 Å². The average molecular weight is 152 g/mol. The van der Waals surface area contributed by atoms with Gasteiger partial charge < -0.3 is 4.74 Å². The predicted octanol–water partition coefficient (Wildman–Crippen LogP) is 1.59. The fourth-order valence-electron chi connectivity index (χ4n) is 1.16. The third kappa shape index (κ3) is 1.53. The minimum absolute atomic E-state index is 0.332. The number of H-pyrrole nitrogens is 1. The van der Waals surface area contributed by atoms with Gasteiger partial charge in [-0.25, -0.2) is 0 Å². The first kappa shape index (κ1) is 6.70. The Balaban J connectivity index is 1.89. The topological polar surface area (TPSA) is 37.9 Å². The van der Waals surface area contributed by atoms with Crippen LogP contribution in [0.1, 0.15) is 19.8 Å². The van der Waals surface area contributed by atoms with Gasteiger partial charge in [0.2, 0.25) is 5.88 Å². The van der Waals surface area contributed by atoms with E-state index in [9.17, 15) is 0 Å². The first-order chi connectivity index (χ1) is 5.36. The van der Waals surface area contributed by atoms with Crippen LogP contribution in [0.25, 0.3) is 0 Å². The number of hydrogen-bond donors (Lipinski definition) is 1. The van der Waals surface area contributed by atoms with Crippen LogP contribution < -0.4 is 4.74 Å². The molecule has 0 unspecified atom stereocenters. The zero-order valence-electron chi connectivity index (χ0n) is 6.58. The largest absolute Gasteiger partial charge is 0.473 e. The van der Waals surface area contributed by atoms with E-state index in [-0.39, 0.29) is 0 Å². The highest BCUT2D eigenvalue weighted by Gasteiger charge is 2.29. The van der Waals surface area contributed by atoms with Gasteiger partial charge in [0.25, 0.3) is 0 Å². The van der Waals surface area contributed by atoms with Crippen molar-refractivity contribution in [3.63, 3.8) is 0 Å². The SMILES string of the molecule is C[C@H](Oc1cc[nH]n1)C1CC1. The first-order valence-electron chi connectivity index (χ1n) is 4.02. The van der Waals surface area contributed by atoms with Gasteiger partial charge >= 0.3 is 0 Å². The minimum atomic E-state index is 0.332. The fraction of sp³-hybridized carbons (Fsp3) is 0.625. The Kier molecular flexibility index (Phi) is 1.56. The molecule has 2 rings (SSSR count). The Hall–Kier alpha value is -0.990. The normalized spacial score (nSPS) is 19.7. The third-order valence-corrected chi connectivity index (χ3v) is 2.07. The van der Waals surface area contributed by atoms with Gasteiger partial charge in [-0.3, -0.25) is 5.10 Å². The Morgan fingerprint density at radius 2 is 2.55 bits per heavy atom. The number of hydrogen-bond acceptors (Lipinski definition) is 2. The number of aromatic amines is 1. The molecule has 0 aromatic carbocycles. The van der Waals surface area contributed by atoms with Crippen molar-refractivity contribution in [2.75, 3.05) is 0 Å². The molecule has 3 heteroatoms. The quantitative estimate of drug-likeness (QED) is 0.714. The molecule has 1 heterocycles.